The number of hydrogen-bond donors (Lipinski definition) is 2. The van der Waals surface area contributed by atoms with Gasteiger partial charge in [-0.1, -0.05) is 0 Å². The number of β-amino-alcohol motifs (C(OH)–C–C–N with tert-alkyl or cyclic N) is 1. The number of carbonyl (C=O) groups is 1. The molecule has 1 atom stereocenters. The second-order valence-electron chi connectivity index (χ2n) is 6.00. The van der Waals surface area contributed by atoms with Crippen molar-refractivity contribution in [2.75, 3.05) is 24.5 Å². The van der Waals surface area contributed by atoms with Crippen LogP contribution in [0.15, 0.2) is 31.2 Å². The summed E-state index contributed by atoms with van der Waals surface area (Å²) in [6.07, 6.45) is 9.67. The predicted octanol–water partition coefficient (Wildman–Crippen LogP) is -0.394. The monoisotopic (exact) mass is 331 g/mol. The van der Waals surface area contributed by atoms with E-state index >= 15 is 0 Å². The minimum atomic E-state index is -0.931. The number of rotatable bonds is 7. The molecule has 128 valence electrons. The smallest absolute Gasteiger partial charge is 0.220 e. The normalized spacial score (nSPS) is 20.3. The summed E-state index contributed by atoms with van der Waals surface area (Å²) in [7, 11) is 0. The summed E-state index contributed by atoms with van der Waals surface area (Å²) in [5.74, 6) is 0.675. The Kier molecular flexibility index (Phi) is 4.99. The number of anilines is 1. The first-order chi connectivity index (χ1) is 11.6. The highest BCUT2D eigenvalue weighted by atomic mass is 16.3. The molecule has 9 nitrogen and oxygen atoms in total. The van der Waals surface area contributed by atoms with E-state index in [1.165, 1.54) is 6.33 Å². The van der Waals surface area contributed by atoms with Crippen LogP contribution >= 0.6 is 0 Å². The van der Waals surface area contributed by atoms with Gasteiger partial charge in [0, 0.05) is 45.0 Å². The number of aliphatic hydroxyl groups is 1. The van der Waals surface area contributed by atoms with Crippen molar-refractivity contribution >= 4 is 11.7 Å². The van der Waals surface area contributed by atoms with Crippen LogP contribution in [-0.4, -0.2) is 61.0 Å². The average Bonchev–Trinajstić information content (AvgIpc) is 3.24. The van der Waals surface area contributed by atoms with E-state index in [1.54, 1.807) is 29.6 Å². The summed E-state index contributed by atoms with van der Waals surface area (Å²) in [6, 6.07) is 0. The Bertz CT molecular complexity index is 649. The van der Waals surface area contributed by atoms with E-state index in [0.29, 0.717) is 38.9 Å². The molecule has 0 aliphatic carbocycles. The predicted molar refractivity (Wildman–Crippen MR) is 86.1 cm³/mol. The zero-order valence-corrected chi connectivity index (χ0v) is 13.4. The molecule has 1 amide bonds. The van der Waals surface area contributed by atoms with Gasteiger partial charge >= 0.3 is 0 Å². The zero-order valence-electron chi connectivity index (χ0n) is 13.4. The first-order valence-electron chi connectivity index (χ1n) is 7.97. The van der Waals surface area contributed by atoms with Gasteiger partial charge in [-0.15, -0.1) is 0 Å². The minimum Gasteiger partial charge on any atom is -0.386 e. The maximum absolute atomic E-state index is 11.9. The number of carbonyl (C=O) groups excluding carboxylic acids is 1. The van der Waals surface area contributed by atoms with Crippen molar-refractivity contribution in [3.05, 3.63) is 31.2 Å². The molecule has 0 saturated carbocycles. The Morgan fingerprint density at radius 3 is 3.04 bits per heavy atom. The first-order valence-corrected chi connectivity index (χ1v) is 7.97. The molecule has 9 heteroatoms. The molecular formula is C15H21N7O2. The van der Waals surface area contributed by atoms with Gasteiger partial charge in [-0.05, 0) is 12.8 Å². The van der Waals surface area contributed by atoms with Gasteiger partial charge in [0.1, 0.15) is 24.1 Å². The van der Waals surface area contributed by atoms with Crippen molar-refractivity contribution in [1.82, 2.24) is 30.0 Å². The summed E-state index contributed by atoms with van der Waals surface area (Å²) < 4.78 is 1.69. The molecule has 2 aromatic heterocycles. The molecular weight excluding hydrogens is 310 g/mol. The van der Waals surface area contributed by atoms with Gasteiger partial charge in [0.25, 0.3) is 0 Å². The first kappa shape index (κ1) is 16.3. The van der Waals surface area contributed by atoms with Gasteiger partial charge in [-0.25, -0.2) is 9.97 Å². The highest BCUT2D eigenvalue weighted by Crippen LogP contribution is 2.24. The van der Waals surface area contributed by atoms with Crippen molar-refractivity contribution < 1.29 is 9.90 Å². The van der Waals surface area contributed by atoms with E-state index in [2.05, 4.69) is 25.4 Å². The third-order valence-electron chi connectivity index (χ3n) is 4.08. The fraction of sp³-hybridized carbons (Fsp3) is 0.533. The van der Waals surface area contributed by atoms with Crippen LogP contribution in [0.5, 0.6) is 0 Å². The molecule has 1 fully saturated rings. The van der Waals surface area contributed by atoms with E-state index in [4.69, 9.17) is 0 Å². The molecule has 0 spiro atoms. The summed E-state index contributed by atoms with van der Waals surface area (Å²) in [5, 5.41) is 17.4. The summed E-state index contributed by atoms with van der Waals surface area (Å²) in [6.45, 7) is 2.02. The molecule has 1 saturated heterocycles. The maximum Gasteiger partial charge on any atom is 0.220 e. The van der Waals surface area contributed by atoms with Crippen LogP contribution in [0, 0.1) is 0 Å². The molecule has 0 bridgehead atoms. The van der Waals surface area contributed by atoms with E-state index in [0.717, 1.165) is 5.82 Å². The summed E-state index contributed by atoms with van der Waals surface area (Å²) >= 11 is 0. The molecule has 1 aliphatic heterocycles. The molecule has 2 N–H and O–H groups in total. The van der Waals surface area contributed by atoms with Crippen molar-refractivity contribution in [1.29, 1.82) is 0 Å². The molecule has 3 heterocycles. The van der Waals surface area contributed by atoms with Gasteiger partial charge in [-0.2, -0.15) is 5.10 Å². The van der Waals surface area contributed by atoms with Crippen LogP contribution in [0.1, 0.15) is 19.3 Å². The van der Waals surface area contributed by atoms with Gasteiger partial charge in [0.2, 0.25) is 5.91 Å². The molecule has 0 aromatic carbocycles. The fourth-order valence-corrected chi connectivity index (χ4v) is 2.75. The Morgan fingerprint density at radius 2 is 2.29 bits per heavy atom. The lowest BCUT2D eigenvalue weighted by molar-refractivity contribution is -0.122. The van der Waals surface area contributed by atoms with E-state index in [9.17, 15) is 9.90 Å². The van der Waals surface area contributed by atoms with Crippen LogP contribution in [-0.2, 0) is 11.3 Å². The number of aromatic nitrogens is 5. The Hall–Kier alpha value is -2.55. The standard InChI is InChI=1S/C15H21N7O2/c23-14(2-1-6-22-12-17-11-20-22)19-9-15(24)3-7-21(10-15)13-8-16-4-5-18-13/h4-5,8,11-12,24H,1-3,6-7,9-10H2,(H,19,23)/t15-/m1/s1. The van der Waals surface area contributed by atoms with Crippen molar-refractivity contribution in [2.24, 2.45) is 0 Å². The SMILES string of the molecule is O=C(CCCn1cncn1)NC[C@]1(O)CCN(c2cnccn2)C1. The number of nitrogens with zero attached hydrogens (tertiary/aromatic N) is 6. The van der Waals surface area contributed by atoms with Crippen molar-refractivity contribution in [2.45, 2.75) is 31.4 Å². The van der Waals surface area contributed by atoms with E-state index in [1.807, 2.05) is 4.90 Å². The van der Waals surface area contributed by atoms with E-state index in [-0.39, 0.29) is 12.5 Å². The third-order valence-corrected chi connectivity index (χ3v) is 4.08. The highest BCUT2D eigenvalue weighted by molar-refractivity contribution is 5.75. The lowest BCUT2D eigenvalue weighted by Crippen LogP contribution is -2.45. The fourth-order valence-electron chi connectivity index (χ4n) is 2.75. The van der Waals surface area contributed by atoms with Crippen molar-refractivity contribution in [3.63, 3.8) is 0 Å². The number of hydrogen-bond acceptors (Lipinski definition) is 7. The Balaban J connectivity index is 1.40. The summed E-state index contributed by atoms with van der Waals surface area (Å²) in [5.41, 5.74) is -0.931. The lowest BCUT2D eigenvalue weighted by atomic mass is 10.0. The minimum absolute atomic E-state index is 0.0681. The Labute approximate surface area is 139 Å². The summed E-state index contributed by atoms with van der Waals surface area (Å²) in [4.78, 5) is 26.0. The second-order valence-corrected chi connectivity index (χ2v) is 6.00. The number of amides is 1. The lowest BCUT2D eigenvalue weighted by Gasteiger charge is -2.24. The number of nitrogens with one attached hydrogen (secondary N) is 1. The zero-order chi connectivity index (χ0) is 16.8. The van der Waals surface area contributed by atoms with Crippen LogP contribution in [0.25, 0.3) is 0 Å². The van der Waals surface area contributed by atoms with Gasteiger partial charge in [0.05, 0.1) is 6.20 Å². The largest absolute Gasteiger partial charge is 0.386 e. The second kappa shape index (κ2) is 7.35. The Morgan fingerprint density at radius 1 is 1.38 bits per heavy atom. The van der Waals surface area contributed by atoms with E-state index < -0.39 is 5.60 Å². The quantitative estimate of drug-likeness (QED) is 0.711. The highest BCUT2D eigenvalue weighted by Gasteiger charge is 2.36. The van der Waals surface area contributed by atoms with Crippen LogP contribution < -0.4 is 10.2 Å². The third kappa shape index (κ3) is 4.25. The molecule has 0 unspecified atom stereocenters. The van der Waals surface area contributed by atoms with Gasteiger partial charge in [0.15, 0.2) is 0 Å². The van der Waals surface area contributed by atoms with Crippen LogP contribution in [0.3, 0.4) is 0 Å². The van der Waals surface area contributed by atoms with Crippen LogP contribution in [0.4, 0.5) is 5.82 Å². The molecule has 3 rings (SSSR count). The van der Waals surface area contributed by atoms with Gasteiger partial charge in [-0.3, -0.25) is 14.5 Å². The maximum atomic E-state index is 11.9. The molecule has 24 heavy (non-hydrogen) atoms. The van der Waals surface area contributed by atoms with Gasteiger partial charge < -0.3 is 15.3 Å². The van der Waals surface area contributed by atoms with Crippen molar-refractivity contribution in [3.8, 4) is 0 Å². The molecule has 0 radical (unpaired) electrons. The molecule has 2 aromatic rings. The average molecular weight is 331 g/mol. The topological polar surface area (TPSA) is 109 Å². The molecule has 1 aliphatic rings. The van der Waals surface area contributed by atoms with Crippen LogP contribution in [0.2, 0.25) is 0 Å². The number of aryl methyl sites for hydroxylation is 1.